The molecular formula is C22H24N6OS. The molecule has 8 heteroatoms. The van der Waals surface area contributed by atoms with Crippen LogP contribution in [0.15, 0.2) is 36.8 Å². The molecule has 1 amide bonds. The predicted octanol–water partition coefficient (Wildman–Crippen LogP) is 3.56. The lowest BCUT2D eigenvalue weighted by atomic mass is 10.0. The highest BCUT2D eigenvalue weighted by atomic mass is 32.1. The van der Waals surface area contributed by atoms with Crippen LogP contribution in [0.25, 0.3) is 32.0 Å². The molecule has 1 fully saturated rings. The first-order valence-corrected chi connectivity index (χ1v) is 11.1. The van der Waals surface area contributed by atoms with Gasteiger partial charge in [-0.05, 0) is 37.9 Å². The highest BCUT2D eigenvalue weighted by Crippen LogP contribution is 2.33. The van der Waals surface area contributed by atoms with Gasteiger partial charge in [-0.15, -0.1) is 0 Å². The van der Waals surface area contributed by atoms with Crippen LogP contribution in [0, 0.1) is 0 Å². The van der Waals surface area contributed by atoms with Gasteiger partial charge in [-0.2, -0.15) is 0 Å². The molecule has 5 rings (SSSR count). The number of pyridine rings is 1. The van der Waals surface area contributed by atoms with Crippen LogP contribution in [0.5, 0.6) is 0 Å². The van der Waals surface area contributed by atoms with E-state index in [1.807, 2.05) is 30.7 Å². The molecule has 4 heterocycles. The van der Waals surface area contributed by atoms with E-state index < -0.39 is 0 Å². The summed E-state index contributed by atoms with van der Waals surface area (Å²) in [5, 5.41) is 7.43. The largest absolute Gasteiger partial charge is 0.350 e. The van der Waals surface area contributed by atoms with Crippen molar-refractivity contribution in [1.82, 2.24) is 30.2 Å². The third-order valence-corrected chi connectivity index (χ3v) is 6.72. The maximum absolute atomic E-state index is 12.4. The fourth-order valence-electron chi connectivity index (χ4n) is 4.11. The van der Waals surface area contributed by atoms with Gasteiger partial charge in [0.05, 0.1) is 24.1 Å². The Morgan fingerprint density at radius 2 is 2.30 bits per heavy atom. The van der Waals surface area contributed by atoms with E-state index in [2.05, 4.69) is 32.7 Å². The molecule has 154 valence electrons. The standard InChI is InChI=1S/C22H24N6OS/c1-13(26-18(29)10-16-7-4-8-23-16)14-5-3-6-15(9-14)21-27-19-20-17(25-12-28(20)2)11-24-22(19)30-21/h3,5-6,9,11-13,16,23H,4,7-8,10H2,1-2H3,(H,26,29)/t13-,16-/m0/s1. The SMILES string of the molecule is C[C@H](NC(=O)C[C@@H]1CCCN1)c1cccc(-c2nc3c(ncc4ncn(C)c43)s2)c1. The summed E-state index contributed by atoms with van der Waals surface area (Å²) >= 11 is 1.57. The van der Waals surface area contributed by atoms with Crippen molar-refractivity contribution < 1.29 is 4.79 Å². The van der Waals surface area contributed by atoms with Crippen LogP contribution in [0.2, 0.25) is 0 Å². The van der Waals surface area contributed by atoms with E-state index in [-0.39, 0.29) is 11.9 Å². The number of carbonyl (C=O) groups excluding carboxylic acids is 1. The van der Waals surface area contributed by atoms with E-state index in [1.54, 1.807) is 23.9 Å². The Morgan fingerprint density at radius 1 is 1.40 bits per heavy atom. The van der Waals surface area contributed by atoms with Gasteiger partial charge in [-0.25, -0.2) is 15.0 Å². The van der Waals surface area contributed by atoms with Crippen molar-refractivity contribution >= 4 is 38.6 Å². The molecule has 2 N–H and O–H groups in total. The third kappa shape index (κ3) is 3.57. The highest BCUT2D eigenvalue weighted by molar-refractivity contribution is 7.21. The van der Waals surface area contributed by atoms with Gasteiger partial charge in [-0.1, -0.05) is 29.5 Å². The Hall–Kier alpha value is -2.84. The van der Waals surface area contributed by atoms with Crippen LogP contribution in [0.3, 0.4) is 0 Å². The van der Waals surface area contributed by atoms with Crippen LogP contribution < -0.4 is 10.6 Å². The first kappa shape index (κ1) is 19.1. The Labute approximate surface area is 178 Å². The fraction of sp³-hybridized carbons (Fsp3) is 0.364. The number of imidazole rings is 1. The van der Waals surface area contributed by atoms with Gasteiger partial charge in [0, 0.05) is 25.1 Å². The zero-order valence-corrected chi connectivity index (χ0v) is 17.9. The smallest absolute Gasteiger partial charge is 0.222 e. The van der Waals surface area contributed by atoms with Crippen molar-refractivity contribution in [3.8, 4) is 10.6 Å². The normalized spacial score (nSPS) is 17.6. The molecule has 1 aromatic carbocycles. The van der Waals surface area contributed by atoms with E-state index in [0.717, 1.165) is 56.9 Å². The predicted molar refractivity (Wildman–Crippen MR) is 119 cm³/mol. The van der Waals surface area contributed by atoms with Gasteiger partial charge < -0.3 is 15.2 Å². The molecule has 1 aliphatic heterocycles. The highest BCUT2D eigenvalue weighted by Gasteiger charge is 2.19. The number of hydrogen-bond acceptors (Lipinski definition) is 6. The zero-order chi connectivity index (χ0) is 20.7. The molecule has 2 atom stereocenters. The number of thiazole rings is 1. The van der Waals surface area contributed by atoms with Crippen molar-refractivity contribution in [3.63, 3.8) is 0 Å². The van der Waals surface area contributed by atoms with Gasteiger partial charge in [0.2, 0.25) is 5.91 Å². The van der Waals surface area contributed by atoms with E-state index in [1.165, 1.54) is 0 Å². The molecule has 0 radical (unpaired) electrons. The minimum atomic E-state index is -0.0601. The Balaban J connectivity index is 1.39. The van der Waals surface area contributed by atoms with Crippen LogP contribution in [-0.2, 0) is 11.8 Å². The van der Waals surface area contributed by atoms with Crippen molar-refractivity contribution in [1.29, 1.82) is 0 Å². The minimum absolute atomic E-state index is 0.0601. The van der Waals surface area contributed by atoms with Crippen molar-refractivity contribution in [2.24, 2.45) is 7.05 Å². The van der Waals surface area contributed by atoms with Crippen molar-refractivity contribution in [2.75, 3.05) is 6.54 Å². The molecular weight excluding hydrogens is 396 g/mol. The van der Waals surface area contributed by atoms with E-state index in [0.29, 0.717) is 12.5 Å². The average molecular weight is 421 g/mol. The van der Waals surface area contributed by atoms with Crippen LogP contribution in [0.1, 0.15) is 37.8 Å². The number of amides is 1. The molecule has 0 spiro atoms. The van der Waals surface area contributed by atoms with Crippen molar-refractivity contribution in [3.05, 3.63) is 42.4 Å². The lowest BCUT2D eigenvalue weighted by Gasteiger charge is -2.17. The minimum Gasteiger partial charge on any atom is -0.350 e. The van der Waals surface area contributed by atoms with Gasteiger partial charge in [0.25, 0.3) is 0 Å². The summed E-state index contributed by atoms with van der Waals surface area (Å²) in [4.78, 5) is 27.1. The maximum atomic E-state index is 12.4. The van der Waals surface area contributed by atoms with Gasteiger partial charge >= 0.3 is 0 Å². The molecule has 0 saturated carbocycles. The Kier molecular flexibility index (Phi) is 4.96. The summed E-state index contributed by atoms with van der Waals surface area (Å²) in [6.07, 6.45) is 6.35. The zero-order valence-electron chi connectivity index (χ0n) is 17.1. The molecule has 1 saturated heterocycles. The Bertz CT molecular complexity index is 1220. The first-order chi connectivity index (χ1) is 14.6. The van der Waals surface area contributed by atoms with Crippen LogP contribution in [0.4, 0.5) is 0 Å². The number of hydrogen-bond donors (Lipinski definition) is 2. The van der Waals surface area contributed by atoms with E-state index >= 15 is 0 Å². The van der Waals surface area contributed by atoms with E-state index in [4.69, 9.17) is 4.98 Å². The summed E-state index contributed by atoms with van der Waals surface area (Å²) in [5.74, 6) is 0.0927. The number of benzene rings is 1. The number of nitrogens with zero attached hydrogens (tertiary/aromatic N) is 4. The summed E-state index contributed by atoms with van der Waals surface area (Å²) < 4.78 is 1.98. The number of fused-ring (bicyclic) bond motifs is 3. The molecule has 0 unspecified atom stereocenters. The topological polar surface area (TPSA) is 84.7 Å². The summed E-state index contributed by atoms with van der Waals surface area (Å²) in [6.45, 7) is 3.04. The summed E-state index contributed by atoms with van der Waals surface area (Å²) in [7, 11) is 1.97. The molecule has 1 aliphatic rings. The number of carbonyl (C=O) groups is 1. The molecule has 4 aromatic rings. The van der Waals surface area contributed by atoms with Crippen LogP contribution >= 0.6 is 11.3 Å². The summed E-state index contributed by atoms with van der Waals surface area (Å²) in [6, 6.07) is 8.48. The monoisotopic (exact) mass is 420 g/mol. The van der Waals surface area contributed by atoms with Crippen LogP contribution in [-0.4, -0.2) is 38.0 Å². The van der Waals surface area contributed by atoms with Crippen molar-refractivity contribution in [2.45, 2.75) is 38.3 Å². The number of rotatable bonds is 5. The average Bonchev–Trinajstić information content (AvgIpc) is 3.47. The molecule has 3 aromatic heterocycles. The van der Waals surface area contributed by atoms with Gasteiger partial charge in [0.15, 0.2) is 0 Å². The number of aromatic nitrogens is 4. The Morgan fingerprint density at radius 3 is 3.13 bits per heavy atom. The number of nitrogens with one attached hydrogen (secondary N) is 2. The van der Waals surface area contributed by atoms with Gasteiger partial charge in [-0.3, -0.25) is 4.79 Å². The lowest BCUT2D eigenvalue weighted by molar-refractivity contribution is -0.122. The molecule has 0 aliphatic carbocycles. The second-order valence-electron chi connectivity index (χ2n) is 7.93. The second-order valence-corrected chi connectivity index (χ2v) is 8.91. The first-order valence-electron chi connectivity index (χ1n) is 10.3. The fourth-order valence-corrected chi connectivity index (χ4v) is 5.02. The quantitative estimate of drug-likeness (QED) is 0.516. The number of aryl methyl sites for hydroxylation is 1. The molecule has 30 heavy (non-hydrogen) atoms. The molecule has 7 nitrogen and oxygen atoms in total. The van der Waals surface area contributed by atoms with Gasteiger partial charge in [0.1, 0.15) is 20.9 Å². The third-order valence-electron chi connectivity index (χ3n) is 5.71. The summed E-state index contributed by atoms with van der Waals surface area (Å²) in [5.41, 5.74) is 4.83. The maximum Gasteiger partial charge on any atom is 0.222 e. The molecule has 0 bridgehead atoms. The second kappa shape index (κ2) is 7.77. The van der Waals surface area contributed by atoms with E-state index in [9.17, 15) is 4.79 Å². The lowest BCUT2D eigenvalue weighted by Crippen LogP contribution is -2.33.